The van der Waals surface area contributed by atoms with E-state index in [2.05, 4.69) is 16.1 Å². The van der Waals surface area contributed by atoms with Gasteiger partial charge in [0, 0.05) is 17.9 Å². The lowest BCUT2D eigenvalue weighted by molar-refractivity contribution is 0.0587. The number of hydrogen-bond donors (Lipinski definition) is 0. The average molecular weight is 344 g/mol. The fraction of sp³-hybridized carbons (Fsp3) is 0.538. The summed E-state index contributed by atoms with van der Waals surface area (Å²) in [6.07, 6.45) is 4.27. The zero-order valence-electron chi connectivity index (χ0n) is 10.1. The average Bonchev–Trinajstić information content (AvgIpc) is 3.02. The molecule has 3 aliphatic rings. The van der Waals surface area contributed by atoms with Crippen LogP contribution in [0.25, 0.3) is 0 Å². The Balaban J connectivity index is 2.10. The topological polar surface area (TPSA) is 42.3 Å². The van der Waals surface area contributed by atoms with Crippen molar-refractivity contribution >= 4 is 33.7 Å². The second-order valence-electron chi connectivity index (χ2n) is 5.62. The van der Waals surface area contributed by atoms with Gasteiger partial charge in [0.15, 0.2) is 0 Å². The van der Waals surface area contributed by atoms with E-state index in [1.807, 2.05) is 0 Å². The summed E-state index contributed by atoms with van der Waals surface area (Å²) in [7, 11) is 0. The molecule has 2 saturated carbocycles. The van der Waals surface area contributed by atoms with E-state index in [0.29, 0.717) is 22.6 Å². The van der Waals surface area contributed by atoms with Gasteiger partial charge in [0.2, 0.25) is 0 Å². The Labute approximate surface area is 123 Å². The molecule has 0 radical (unpaired) electrons. The molecule has 1 aromatic heterocycles. The highest BCUT2D eigenvalue weighted by Crippen LogP contribution is 2.61. The van der Waals surface area contributed by atoms with Crippen molar-refractivity contribution in [3.05, 3.63) is 33.2 Å². The van der Waals surface area contributed by atoms with Crippen molar-refractivity contribution in [1.29, 1.82) is 0 Å². The smallest absolute Gasteiger partial charge is 0.277 e. The highest BCUT2D eigenvalue weighted by Gasteiger charge is 2.64. The van der Waals surface area contributed by atoms with Crippen LogP contribution in [-0.2, 0) is 5.66 Å². The lowest BCUT2D eigenvalue weighted by atomic mass is 9.98. The third-order valence-electron chi connectivity index (χ3n) is 5.02. The van der Waals surface area contributed by atoms with Crippen LogP contribution >= 0.6 is 27.7 Å². The van der Waals surface area contributed by atoms with E-state index in [1.54, 1.807) is 8.49 Å². The van der Waals surface area contributed by atoms with Crippen molar-refractivity contribution in [3.63, 3.8) is 0 Å². The predicted octanol–water partition coefficient (Wildman–Crippen LogP) is 2.74. The second-order valence-corrected chi connectivity index (χ2v) is 6.74. The Bertz CT molecular complexity index is 637. The number of pyridine rings is 1. The van der Waals surface area contributed by atoms with Gasteiger partial charge in [-0.25, -0.2) is 3.93 Å². The minimum Gasteiger partial charge on any atom is -0.277 e. The highest BCUT2D eigenvalue weighted by molar-refractivity contribution is 9.07. The largest absolute Gasteiger partial charge is 0.284 e. The van der Waals surface area contributed by atoms with Crippen LogP contribution in [0.15, 0.2) is 16.9 Å². The van der Waals surface area contributed by atoms with Gasteiger partial charge in [-0.15, -0.1) is 0 Å². The molecule has 2 aliphatic carbocycles. The van der Waals surface area contributed by atoms with E-state index in [4.69, 9.17) is 11.6 Å². The summed E-state index contributed by atoms with van der Waals surface area (Å²) in [5, 5.41) is 0.359. The van der Waals surface area contributed by atoms with E-state index in [9.17, 15) is 9.59 Å². The van der Waals surface area contributed by atoms with Crippen LogP contribution in [0.4, 0.5) is 0 Å². The molecule has 6 heteroatoms. The van der Waals surface area contributed by atoms with Crippen molar-refractivity contribution < 1.29 is 4.79 Å². The number of amides is 1. The first-order chi connectivity index (χ1) is 9.08. The van der Waals surface area contributed by atoms with Crippen LogP contribution in [0.3, 0.4) is 0 Å². The molecule has 0 aromatic carbocycles. The molecule has 19 heavy (non-hydrogen) atoms. The van der Waals surface area contributed by atoms with E-state index in [1.165, 1.54) is 12.1 Å². The number of rotatable bonds is 0. The molecule has 1 aliphatic heterocycles. The SMILES string of the molecule is O=C1c2c(Cl)ccc(=O)n2C2(C3CCC2CC3)N1Br. The van der Waals surface area contributed by atoms with Crippen LogP contribution in [0.5, 0.6) is 0 Å². The van der Waals surface area contributed by atoms with Crippen molar-refractivity contribution in [3.8, 4) is 0 Å². The van der Waals surface area contributed by atoms with E-state index in [0.717, 1.165) is 25.7 Å². The number of aromatic nitrogens is 1. The molecule has 1 amide bonds. The Kier molecular flexibility index (Phi) is 2.29. The summed E-state index contributed by atoms with van der Waals surface area (Å²) in [6.45, 7) is 0. The third-order valence-corrected chi connectivity index (χ3v) is 6.22. The first-order valence-corrected chi connectivity index (χ1v) is 7.59. The van der Waals surface area contributed by atoms with Gasteiger partial charge >= 0.3 is 0 Å². The van der Waals surface area contributed by atoms with Gasteiger partial charge in [0.05, 0.1) is 21.2 Å². The number of carbonyl (C=O) groups excluding carboxylic acids is 1. The van der Waals surface area contributed by atoms with E-state index >= 15 is 0 Å². The van der Waals surface area contributed by atoms with E-state index < -0.39 is 5.66 Å². The second kappa shape index (κ2) is 3.64. The summed E-state index contributed by atoms with van der Waals surface area (Å²) in [6, 6.07) is 2.98. The van der Waals surface area contributed by atoms with Crippen LogP contribution in [0.2, 0.25) is 5.02 Å². The molecular formula is C13H12BrClN2O2. The fourth-order valence-electron chi connectivity index (χ4n) is 4.37. The minimum absolute atomic E-state index is 0.131. The lowest BCUT2D eigenvalue weighted by Crippen LogP contribution is -2.49. The maximum Gasteiger partial charge on any atom is 0.284 e. The van der Waals surface area contributed by atoms with Crippen molar-refractivity contribution in [2.45, 2.75) is 31.3 Å². The molecule has 2 bridgehead atoms. The van der Waals surface area contributed by atoms with Crippen LogP contribution in [0, 0.1) is 11.8 Å². The summed E-state index contributed by atoms with van der Waals surface area (Å²) < 4.78 is 3.25. The number of hydrogen-bond acceptors (Lipinski definition) is 2. The molecule has 1 spiro atoms. The fourth-order valence-corrected chi connectivity index (χ4v) is 5.51. The quantitative estimate of drug-likeness (QED) is 0.680. The van der Waals surface area contributed by atoms with Gasteiger partial charge in [-0.2, -0.15) is 0 Å². The standard InChI is InChI=1S/C13H12BrClN2O2/c14-17-12(19)11-9(15)5-6-10(18)16(11)13(17)7-1-2-8(13)4-3-7/h5-8H,1-4H2. The maximum atomic E-state index is 12.5. The van der Waals surface area contributed by atoms with Crippen molar-refractivity contribution in [2.75, 3.05) is 0 Å². The molecule has 2 heterocycles. The van der Waals surface area contributed by atoms with Crippen molar-refractivity contribution in [2.24, 2.45) is 11.8 Å². The summed E-state index contributed by atoms with van der Waals surface area (Å²) in [5.74, 6) is 0.498. The molecule has 0 atom stereocenters. The van der Waals surface area contributed by atoms with Gasteiger partial charge in [-0.1, -0.05) is 11.6 Å². The number of fused-ring (bicyclic) bond motifs is 1. The zero-order valence-corrected chi connectivity index (χ0v) is 12.4. The Hall–Kier alpha value is -0.810. The minimum atomic E-state index is -0.519. The van der Waals surface area contributed by atoms with Gasteiger partial charge in [-0.3, -0.25) is 14.2 Å². The number of nitrogens with zero attached hydrogens (tertiary/aromatic N) is 2. The summed E-state index contributed by atoms with van der Waals surface area (Å²) >= 11 is 9.57. The monoisotopic (exact) mass is 342 g/mol. The highest BCUT2D eigenvalue weighted by atomic mass is 79.9. The summed E-state index contributed by atoms with van der Waals surface area (Å²) in [4.78, 5) is 24.8. The van der Waals surface area contributed by atoms with Gasteiger partial charge in [0.1, 0.15) is 11.4 Å². The molecule has 4 nitrogen and oxygen atoms in total. The molecular weight excluding hydrogens is 332 g/mol. The summed E-state index contributed by atoms with van der Waals surface area (Å²) in [5.41, 5.74) is -0.313. The Morgan fingerprint density at radius 1 is 1.16 bits per heavy atom. The molecule has 4 rings (SSSR count). The van der Waals surface area contributed by atoms with Gasteiger partial charge < -0.3 is 0 Å². The number of carbonyl (C=O) groups is 1. The van der Waals surface area contributed by atoms with Gasteiger partial charge in [0.25, 0.3) is 11.5 Å². The Morgan fingerprint density at radius 2 is 1.74 bits per heavy atom. The predicted molar refractivity (Wildman–Crippen MR) is 74.2 cm³/mol. The number of halogens is 2. The first kappa shape index (κ1) is 12.0. The van der Waals surface area contributed by atoms with Gasteiger partial charge in [-0.05, 0) is 31.7 Å². The van der Waals surface area contributed by atoms with Crippen LogP contribution in [-0.4, -0.2) is 14.4 Å². The third kappa shape index (κ3) is 1.17. The Morgan fingerprint density at radius 3 is 2.32 bits per heavy atom. The molecule has 1 aromatic rings. The molecule has 100 valence electrons. The molecule has 0 unspecified atom stereocenters. The van der Waals surface area contributed by atoms with E-state index in [-0.39, 0.29) is 11.5 Å². The molecule has 0 saturated heterocycles. The van der Waals surface area contributed by atoms with Crippen LogP contribution in [0.1, 0.15) is 36.2 Å². The van der Waals surface area contributed by atoms with Crippen molar-refractivity contribution in [1.82, 2.24) is 8.49 Å². The maximum absolute atomic E-state index is 12.5. The lowest BCUT2D eigenvalue weighted by Gasteiger charge is -2.36. The first-order valence-electron chi connectivity index (χ1n) is 6.51. The molecule has 0 N–H and O–H groups in total. The normalized spacial score (nSPS) is 35.5. The molecule has 2 fully saturated rings. The zero-order chi connectivity index (χ0) is 13.4. The van der Waals surface area contributed by atoms with Crippen LogP contribution < -0.4 is 5.56 Å².